The average molecular weight is 315 g/mol. The van der Waals surface area contributed by atoms with Crippen molar-refractivity contribution in [2.75, 3.05) is 20.6 Å². The standard InChI is InChI=1S/C13H19BrN2O2/c1-9(6-7-16(2)3)15-13(18)11-5-4-10(14)8-12(11)17/h4-5,8-9,17H,6-7H2,1-3H3,(H,15,18). The first-order valence-corrected chi connectivity index (χ1v) is 6.63. The first kappa shape index (κ1) is 15.0. The summed E-state index contributed by atoms with van der Waals surface area (Å²) in [6, 6.07) is 4.93. The van der Waals surface area contributed by atoms with E-state index < -0.39 is 0 Å². The number of amides is 1. The van der Waals surface area contributed by atoms with Crippen LogP contribution in [0.15, 0.2) is 22.7 Å². The lowest BCUT2D eigenvalue weighted by atomic mass is 10.1. The molecule has 0 aliphatic carbocycles. The predicted octanol–water partition coefficient (Wildman–Crippen LogP) is 2.22. The second-order valence-electron chi connectivity index (χ2n) is 4.63. The van der Waals surface area contributed by atoms with Crippen molar-refractivity contribution >= 4 is 21.8 Å². The lowest BCUT2D eigenvalue weighted by Gasteiger charge is -2.17. The van der Waals surface area contributed by atoms with Gasteiger partial charge in [0.15, 0.2) is 0 Å². The zero-order valence-corrected chi connectivity index (χ0v) is 12.5. The Bertz CT molecular complexity index is 421. The molecule has 2 N–H and O–H groups in total. The van der Waals surface area contributed by atoms with Crippen molar-refractivity contribution in [2.24, 2.45) is 0 Å². The summed E-state index contributed by atoms with van der Waals surface area (Å²) in [7, 11) is 3.99. The second-order valence-corrected chi connectivity index (χ2v) is 5.54. The maximum absolute atomic E-state index is 11.9. The van der Waals surface area contributed by atoms with E-state index in [1.165, 1.54) is 6.07 Å². The van der Waals surface area contributed by atoms with Gasteiger partial charge in [0.25, 0.3) is 5.91 Å². The molecule has 0 fully saturated rings. The number of phenolic OH excluding ortho intramolecular Hbond substituents is 1. The Labute approximate surface area is 116 Å². The topological polar surface area (TPSA) is 52.6 Å². The molecule has 0 aromatic heterocycles. The number of rotatable bonds is 5. The number of halogens is 1. The van der Waals surface area contributed by atoms with Gasteiger partial charge < -0.3 is 15.3 Å². The van der Waals surface area contributed by atoms with E-state index in [1.807, 2.05) is 21.0 Å². The normalized spacial score (nSPS) is 12.5. The third-order valence-electron chi connectivity index (χ3n) is 2.59. The van der Waals surface area contributed by atoms with Crippen LogP contribution in [-0.2, 0) is 0 Å². The van der Waals surface area contributed by atoms with Gasteiger partial charge in [0.2, 0.25) is 0 Å². The molecule has 0 saturated carbocycles. The van der Waals surface area contributed by atoms with Crippen LogP contribution in [0.25, 0.3) is 0 Å². The van der Waals surface area contributed by atoms with Gasteiger partial charge in [-0.1, -0.05) is 15.9 Å². The van der Waals surface area contributed by atoms with Gasteiger partial charge in [-0.3, -0.25) is 4.79 Å². The van der Waals surface area contributed by atoms with E-state index in [0.29, 0.717) is 5.56 Å². The number of benzene rings is 1. The minimum atomic E-state index is -0.244. The van der Waals surface area contributed by atoms with E-state index >= 15 is 0 Å². The molecular formula is C13H19BrN2O2. The van der Waals surface area contributed by atoms with E-state index in [1.54, 1.807) is 12.1 Å². The molecule has 0 bridgehead atoms. The maximum Gasteiger partial charge on any atom is 0.255 e. The molecule has 0 radical (unpaired) electrons. The Hall–Kier alpha value is -1.07. The number of carbonyl (C=O) groups excluding carboxylic acids is 1. The largest absolute Gasteiger partial charge is 0.507 e. The molecule has 1 aromatic carbocycles. The van der Waals surface area contributed by atoms with Crippen LogP contribution in [0.4, 0.5) is 0 Å². The Morgan fingerprint density at radius 2 is 2.17 bits per heavy atom. The van der Waals surface area contributed by atoms with E-state index in [9.17, 15) is 9.90 Å². The highest BCUT2D eigenvalue weighted by Gasteiger charge is 2.13. The molecule has 4 nitrogen and oxygen atoms in total. The van der Waals surface area contributed by atoms with Crippen LogP contribution in [0.1, 0.15) is 23.7 Å². The molecular weight excluding hydrogens is 296 g/mol. The first-order chi connectivity index (χ1) is 8.40. The van der Waals surface area contributed by atoms with Crippen LogP contribution in [0.2, 0.25) is 0 Å². The zero-order valence-electron chi connectivity index (χ0n) is 10.9. The van der Waals surface area contributed by atoms with Gasteiger partial charge in [-0.15, -0.1) is 0 Å². The molecule has 0 spiro atoms. The molecule has 0 aliphatic heterocycles. The Balaban J connectivity index is 2.59. The van der Waals surface area contributed by atoms with Crippen LogP contribution in [0.5, 0.6) is 5.75 Å². The lowest BCUT2D eigenvalue weighted by molar-refractivity contribution is 0.0934. The van der Waals surface area contributed by atoms with E-state index in [-0.39, 0.29) is 17.7 Å². The fourth-order valence-corrected chi connectivity index (χ4v) is 1.87. The number of hydrogen-bond acceptors (Lipinski definition) is 3. The van der Waals surface area contributed by atoms with Crippen molar-refractivity contribution in [2.45, 2.75) is 19.4 Å². The van der Waals surface area contributed by atoms with Crippen molar-refractivity contribution in [3.8, 4) is 5.75 Å². The number of nitrogens with zero attached hydrogens (tertiary/aromatic N) is 1. The third-order valence-corrected chi connectivity index (χ3v) is 3.08. The highest BCUT2D eigenvalue weighted by atomic mass is 79.9. The summed E-state index contributed by atoms with van der Waals surface area (Å²) in [5.41, 5.74) is 0.301. The van der Waals surface area contributed by atoms with Crippen LogP contribution < -0.4 is 5.32 Å². The Morgan fingerprint density at radius 3 is 2.72 bits per heavy atom. The number of nitrogens with one attached hydrogen (secondary N) is 1. The lowest BCUT2D eigenvalue weighted by Crippen LogP contribution is -2.34. The van der Waals surface area contributed by atoms with Crippen LogP contribution in [-0.4, -0.2) is 42.6 Å². The Kier molecular flexibility index (Phi) is 5.62. The summed E-state index contributed by atoms with van der Waals surface area (Å²) in [6.45, 7) is 2.87. The minimum absolute atomic E-state index is 0.0123. The van der Waals surface area contributed by atoms with E-state index in [2.05, 4.69) is 26.1 Å². The molecule has 0 heterocycles. The van der Waals surface area contributed by atoms with Crippen LogP contribution in [0, 0.1) is 0 Å². The molecule has 0 aliphatic rings. The maximum atomic E-state index is 11.9. The molecule has 0 saturated heterocycles. The number of carbonyl (C=O) groups is 1. The van der Waals surface area contributed by atoms with Gasteiger partial charge in [0.05, 0.1) is 5.56 Å². The summed E-state index contributed by atoms with van der Waals surface area (Å²) in [6.07, 6.45) is 0.871. The molecule has 1 amide bonds. The number of phenols is 1. The summed E-state index contributed by atoms with van der Waals surface area (Å²) < 4.78 is 0.747. The van der Waals surface area contributed by atoms with Crippen molar-refractivity contribution in [1.82, 2.24) is 10.2 Å². The molecule has 1 unspecified atom stereocenters. The van der Waals surface area contributed by atoms with Gasteiger partial charge in [-0.2, -0.15) is 0 Å². The molecule has 100 valence electrons. The second kappa shape index (κ2) is 6.75. The fourth-order valence-electron chi connectivity index (χ4n) is 1.52. The van der Waals surface area contributed by atoms with E-state index in [0.717, 1.165) is 17.4 Å². The fraction of sp³-hybridized carbons (Fsp3) is 0.462. The van der Waals surface area contributed by atoms with Crippen molar-refractivity contribution in [1.29, 1.82) is 0 Å². The quantitative estimate of drug-likeness (QED) is 0.876. The van der Waals surface area contributed by atoms with Gasteiger partial charge in [-0.05, 0) is 52.2 Å². The predicted molar refractivity (Wildman–Crippen MR) is 75.9 cm³/mol. The molecule has 1 atom stereocenters. The van der Waals surface area contributed by atoms with Gasteiger partial charge in [0, 0.05) is 10.5 Å². The summed E-state index contributed by atoms with van der Waals surface area (Å²) >= 11 is 3.24. The van der Waals surface area contributed by atoms with Crippen LogP contribution in [0.3, 0.4) is 0 Å². The molecule has 5 heteroatoms. The molecule has 1 rings (SSSR count). The number of hydrogen-bond donors (Lipinski definition) is 2. The number of aromatic hydroxyl groups is 1. The van der Waals surface area contributed by atoms with Crippen molar-refractivity contribution in [3.05, 3.63) is 28.2 Å². The van der Waals surface area contributed by atoms with E-state index in [4.69, 9.17) is 0 Å². The van der Waals surface area contributed by atoms with Gasteiger partial charge >= 0.3 is 0 Å². The monoisotopic (exact) mass is 314 g/mol. The first-order valence-electron chi connectivity index (χ1n) is 5.84. The smallest absolute Gasteiger partial charge is 0.255 e. The highest BCUT2D eigenvalue weighted by Crippen LogP contribution is 2.22. The summed E-state index contributed by atoms with van der Waals surface area (Å²) in [5.74, 6) is -0.257. The van der Waals surface area contributed by atoms with Crippen molar-refractivity contribution < 1.29 is 9.90 Å². The zero-order chi connectivity index (χ0) is 13.7. The molecule has 18 heavy (non-hydrogen) atoms. The van der Waals surface area contributed by atoms with Gasteiger partial charge in [0.1, 0.15) is 5.75 Å². The summed E-state index contributed by atoms with van der Waals surface area (Å²) in [4.78, 5) is 14.0. The third kappa shape index (κ3) is 4.66. The summed E-state index contributed by atoms with van der Waals surface area (Å²) in [5, 5.41) is 12.6. The Morgan fingerprint density at radius 1 is 1.50 bits per heavy atom. The van der Waals surface area contributed by atoms with Crippen molar-refractivity contribution in [3.63, 3.8) is 0 Å². The SMILES string of the molecule is CC(CCN(C)C)NC(=O)c1ccc(Br)cc1O. The molecule has 1 aromatic rings. The highest BCUT2D eigenvalue weighted by molar-refractivity contribution is 9.10. The van der Waals surface area contributed by atoms with Gasteiger partial charge in [-0.25, -0.2) is 0 Å². The van der Waals surface area contributed by atoms with Crippen LogP contribution >= 0.6 is 15.9 Å². The minimum Gasteiger partial charge on any atom is -0.507 e. The average Bonchev–Trinajstić information content (AvgIpc) is 2.26.